The van der Waals surface area contributed by atoms with Crippen LogP contribution >= 0.6 is 0 Å². The van der Waals surface area contributed by atoms with E-state index < -0.39 is 11.0 Å². The molecule has 108 valence electrons. The van der Waals surface area contributed by atoms with Crippen LogP contribution in [0.5, 0.6) is 0 Å². The van der Waals surface area contributed by atoms with Crippen LogP contribution in [0.1, 0.15) is 19.3 Å². The van der Waals surface area contributed by atoms with Crippen LogP contribution in [-0.4, -0.2) is 23.7 Å². The van der Waals surface area contributed by atoms with E-state index in [0.29, 0.717) is 12.2 Å². The molecule has 2 atom stereocenters. The molecule has 1 aromatic rings. The molecule has 1 amide bonds. The highest BCUT2D eigenvalue weighted by Crippen LogP contribution is 2.27. The van der Waals surface area contributed by atoms with Crippen LogP contribution in [0.2, 0.25) is 0 Å². The summed E-state index contributed by atoms with van der Waals surface area (Å²) in [6, 6.07) is 5.59. The fraction of sp³-hybridized carbons (Fsp3) is 0.462. The van der Waals surface area contributed by atoms with E-state index in [1.54, 1.807) is 0 Å². The Morgan fingerprint density at radius 3 is 2.70 bits per heavy atom. The normalized spacial score (nSPS) is 21.4. The van der Waals surface area contributed by atoms with Crippen molar-refractivity contribution in [1.29, 1.82) is 0 Å². The summed E-state index contributed by atoms with van der Waals surface area (Å²) in [6.07, 6.45) is 2.13. The number of rotatable bonds is 4. The lowest BCUT2D eigenvalue weighted by molar-refractivity contribution is -0.384. The van der Waals surface area contributed by atoms with Crippen LogP contribution in [0.4, 0.5) is 16.2 Å². The summed E-state index contributed by atoms with van der Waals surface area (Å²) in [6.45, 7) is 0.509. The maximum atomic E-state index is 11.7. The number of amides is 1. The second kappa shape index (κ2) is 6.33. The van der Waals surface area contributed by atoms with E-state index in [4.69, 9.17) is 10.5 Å². The molecular weight excluding hydrogens is 262 g/mol. The summed E-state index contributed by atoms with van der Waals surface area (Å²) in [5.74, 6) is 0.220. The van der Waals surface area contributed by atoms with E-state index in [2.05, 4.69) is 5.32 Å². The summed E-state index contributed by atoms with van der Waals surface area (Å²) < 4.78 is 5.33. The smallest absolute Gasteiger partial charge is 0.411 e. The Kier molecular flexibility index (Phi) is 4.52. The topological polar surface area (TPSA) is 107 Å². The van der Waals surface area contributed by atoms with Crippen LogP contribution in [0, 0.1) is 16.0 Å². The standard InChI is InChI=1S/C13H17N3O4/c14-8-9-2-1-3-12(9)20-13(17)15-10-4-6-11(7-5-10)16(18)19/h4-7,9,12H,1-3,8,14H2,(H,15,17). The lowest BCUT2D eigenvalue weighted by Gasteiger charge is -2.18. The Hall–Kier alpha value is -2.15. The van der Waals surface area contributed by atoms with Crippen molar-refractivity contribution in [2.45, 2.75) is 25.4 Å². The van der Waals surface area contributed by atoms with Gasteiger partial charge in [0.05, 0.1) is 4.92 Å². The molecule has 0 bridgehead atoms. The Labute approximate surface area is 116 Å². The zero-order valence-electron chi connectivity index (χ0n) is 11.0. The number of nitro groups is 1. The van der Waals surface area contributed by atoms with Crippen molar-refractivity contribution < 1.29 is 14.5 Å². The molecule has 1 fully saturated rings. The molecule has 2 unspecified atom stereocenters. The number of nitrogens with two attached hydrogens (primary N) is 1. The molecule has 0 aromatic heterocycles. The number of nitrogens with one attached hydrogen (secondary N) is 1. The van der Waals surface area contributed by atoms with Crippen molar-refractivity contribution in [3.63, 3.8) is 0 Å². The van der Waals surface area contributed by atoms with Gasteiger partial charge in [-0.05, 0) is 37.9 Å². The number of ether oxygens (including phenoxy) is 1. The van der Waals surface area contributed by atoms with Gasteiger partial charge in [0.2, 0.25) is 0 Å². The molecule has 0 heterocycles. The third-order valence-electron chi connectivity index (χ3n) is 3.48. The van der Waals surface area contributed by atoms with Crippen molar-refractivity contribution in [1.82, 2.24) is 0 Å². The van der Waals surface area contributed by atoms with Gasteiger partial charge in [-0.3, -0.25) is 15.4 Å². The molecule has 0 saturated heterocycles. The lowest BCUT2D eigenvalue weighted by atomic mass is 10.1. The highest BCUT2D eigenvalue weighted by atomic mass is 16.6. The van der Waals surface area contributed by atoms with E-state index in [1.807, 2.05) is 0 Å². The van der Waals surface area contributed by atoms with Crippen molar-refractivity contribution >= 4 is 17.5 Å². The van der Waals surface area contributed by atoms with Gasteiger partial charge in [-0.1, -0.05) is 0 Å². The van der Waals surface area contributed by atoms with Gasteiger partial charge in [0.15, 0.2) is 0 Å². The average Bonchev–Trinajstić information content (AvgIpc) is 2.86. The highest BCUT2D eigenvalue weighted by Gasteiger charge is 2.29. The second-order valence-corrected chi connectivity index (χ2v) is 4.80. The number of non-ortho nitro benzene ring substituents is 1. The zero-order chi connectivity index (χ0) is 14.5. The number of carbonyl (C=O) groups excluding carboxylic acids is 1. The molecule has 7 nitrogen and oxygen atoms in total. The number of hydrogen-bond donors (Lipinski definition) is 2. The van der Waals surface area contributed by atoms with Crippen molar-refractivity contribution in [2.24, 2.45) is 11.7 Å². The number of hydrogen-bond acceptors (Lipinski definition) is 5. The fourth-order valence-electron chi connectivity index (χ4n) is 2.38. The molecule has 1 aliphatic carbocycles. The van der Waals surface area contributed by atoms with Gasteiger partial charge in [0.1, 0.15) is 6.10 Å². The van der Waals surface area contributed by atoms with Gasteiger partial charge in [-0.15, -0.1) is 0 Å². The minimum atomic E-state index is -0.552. The van der Waals surface area contributed by atoms with Gasteiger partial charge < -0.3 is 10.5 Å². The van der Waals surface area contributed by atoms with Crippen LogP contribution in [0.25, 0.3) is 0 Å². The Bertz CT molecular complexity index is 489. The monoisotopic (exact) mass is 279 g/mol. The number of anilines is 1. The molecule has 0 radical (unpaired) electrons. The predicted octanol–water partition coefficient (Wildman–Crippen LogP) is 2.27. The molecule has 3 N–H and O–H groups in total. The quantitative estimate of drug-likeness (QED) is 0.649. The first-order chi connectivity index (χ1) is 9.60. The van der Waals surface area contributed by atoms with Crippen LogP contribution in [0.15, 0.2) is 24.3 Å². The summed E-state index contributed by atoms with van der Waals surface area (Å²) in [7, 11) is 0. The third-order valence-corrected chi connectivity index (χ3v) is 3.48. The SMILES string of the molecule is NCC1CCCC1OC(=O)Nc1ccc([N+](=O)[O-])cc1. The summed E-state index contributed by atoms with van der Waals surface area (Å²) >= 11 is 0. The molecular formula is C13H17N3O4. The molecule has 1 saturated carbocycles. The first-order valence-electron chi connectivity index (χ1n) is 6.52. The molecule has 1 aromatic carbocycles. The van der Waals surface area contributed by atoms with Crippen LogP contribution in [-0.2, 0) is 4.74 Å². The van der Waals surface area contributed by atoms with E-state index in [0.717, 1.165) is 19.3 Å². The first-order valence-corrected chi connectivity index (χ1v) is 6.52. The number of carbonyl (C=O) groups is 1. The lowest BCUT2D eigenvalue weighted by Crippen LogP contribution is -2.29. The molecule has 20 heavy (non-hydrogen) atoms. The second-order valence-electron chi connectivity index (χ2n) is 4.80. The molecule has 0 spiro atoms. The Morgan fingerprint density at radius 2 is 2.10 bits per heavy atom. The van der Waals surface area contributed by atoms with Gasteiger partial charge in [-0.2, -0.15) is 0 Å². The number of benzene rings is 1. The maximum absolute atomic E-state index is 11.7. The minimum Gasteiger partial charge on any atom is -0.446 e. The molecule has 7 heteroatoms. The maximum Gasteiger partial charge on any atom is 0.411 e. The van der Waals surface area contributed by atoms with E-state index in [-0.39, 0.29) is 17.7 Å². The molecule has 0 aliphatic heterocycles. The van der Waals surface area contributed by atoms with Crippen molar-refractivity contribution in [3.8, 4) is 0 Å². The van der Waals surface area contributed by atoms with Gasteiger partial charge in [0.25, 0.3) is 5.69 Å². The predicted molar refractivity (Wildman–Crippen MR) is 73.4 cm³/mol. The number of nitrogens with zero attached hydrogens (tertiary/aromatic N) is 1. The third kappa shape index (κ3) is 3.45. The summed E-state index contributed by atoms with van der Waals surface area (Å²) in [5.41, 5.74) is 6.06. The molecule has 2 rings (SSSR count). The van der Waals surface area contributed by atoms with Crippen molar-refractivity contribution in [2.75, 3.05) is 11.9 Å². The fourth-order valence-corrected chi connectivity index (χ4v) is 2.38. The van der Waals surface area contributed by atoms with Gasteiger partial charge >= 0.3 is 6.09 Å². The van der Waals surface area contributed by atoms with E-state index in [1.165, 1.54) is 24.3 Å². The first kappa shape index (κ1) is 14.3. The Morgan fingerprint density at radius 1 is 1.40 bits per heavy atom. The molecule has 1 aliphatic rings. The van der Waals surface area contributed by atoms with E-state index >= 15 is 0 Å². The van der Waals surface area contributed by atoms with Crippen molar-refractivity contribution in [3.05, 3.63) is 34.4 Å². The summed E-state index contributed by atoms with van der Waals surface area (Å²) in [5, 5.41) is 13.1. The zero-order valence-corrected chi connectivity index (χ0v) is 11.0. The Balaban J connectivity index is 1.89. The van der Waals surface area contributed by atoms with Crippen LogP contribution in [0.3, 0.4) is 0 Å². The van der Waals surface area contributed by atoms with Gasteiger partial charge in [0, 0.05) is 23.7 Å². The summed E-state index contributed by atoms with van der Waals surface area (Å²) in [4.78, 5) is 21.8. The van der Waals surface area contributed by atoms with E-state index in [9.17, 15) is 14.9 Å². The van der Waals surface area contributed by atoms with Crippen LogP contribution < -0.4 is 11.1 Å². The average molecular weight is 279 g/mol. The largest absolute Gasteiger partial charge is 0.446 e. The number of nitro benzene ring substituents is 1. The highest BCUT2D eigenvalue weighted by molar-refractivity contribution is 5.84. The minimum absolute atomic E-state index is 0.0251. The van der Waals surface area contributed by atoms with Gasteiger partial charge in [-0.25, -0.2) is 4.79 Å².